The number of aliphatic hydroxyl groups excluding tert-OH is 1. The summed E-state index contributed by atoms with van der Waals surface area (Å²) in [5.41, 5.74) is -1.16. The Hall–Kier alpha value is -2.97. The van der Waals surface area contributed by atoms with Gasteiger partial charge < -0.3 is 24.5 Å². The summed E-state index contributed by atoms with van der Waals surface area (Å²) in [5, 5.41) is 9.40. The van der Waals surface area contributed by atoms with Gasteiger partial charge in [0.05, 0.1) is 17.4 Å². The van der Waals surface area contributed by atoms with E-state index in [1.54, 1.807) is 26.9 Å². The van der Waals surface area contributed by atoms with Crippen LogP contribution in [0.1, 0.15) is 52.9 Å². The van der Waals surface area contributed by atoms with Gasteiger partial charge in [-0.05, 0) is 58.1 Å². The van der Waals surface area contributed by atoms with Crippen molar-refractivity contribution in [2.24, 2.45) is 11.8 Å². The summed E-state index contributed by atoms with van der Waals surface area (Å²) in [4.78, 5) is 48.1. The molecule has 0 aliphatic carbocycles. The summed E-state index contributed by atoms with van der Waals surface area (Å²) >= 11 is 0. The van der Waals surface area contributed by atoms with E-state index < -0.39 is 29.1 Å². The fourth-order valence-electron chi connectivity index (χ4n) is 7.09. The molecule has 4 rings (SSSR count). The Bertz CT molecular complexity index is 1090. The normalized spacial score (nSPS) is 29.0. The van der Waals surface area contributed by atoms with Crippen LogP contribution < -0.4 is 4.90 Å². The minimum Gasteiger partial charge on any atom is -0.396 e. The lowest BCUT2D eigenvalue weighted by molar-refractivity contribution is -0.153. The number of hydrogen-bond acceptors (Lipinski definition) is 5. The molecular formula is C31H43N3O5. The molecule has 5 atom stereocenters. The van der Waals surface area contributed by atoms with E-state index in [0.717, 1.165) is 5.69 Å². The van der Waals surface area contributed by atoms with E-state index in [2.05, 4.69) is 13.2 Å². The van der Waals surface area contributed by atoms with Crippen LogP contribution in [0.2, 0.25) is 0 Å². The molecule has 3 amide bonds. The van der Waals surface area contributed by atoms with Crippen LogP contribution in [0.3, 0.4) is 0 Å². The Balaban J connectivity index is 1.81. The number of hydrogen-bond donors (Lipinski definition) is 1. The van der Waals surface area contributed by atoms with E-state index in [1.807, 2.05) is 51.1 Å². The highest BCUT2D eigenvalue weighted by molar-refractivity contribution is 6.03. The van der Waals surface area contributed by atoms with Gasteiger partial charge in [0.15, 0.2) is 0 Å². The van der Waals surface area contributed by atoms with Gasteiger partial charge in [-0.2, -0.15) is 0 Å². The van der Waals surface area contributed by atoms with Gasteiger partial charge in [-0.15, -0.1) is 13.2 Å². The van der Waals surface area contributed by atoms with Crippen LogP contribution in [0.5, 0.6) is 0 Å². The Morgan fingerprint density at radius 2 is 1.82 bits per heavy atom. The monoisotopic (exact) mass is 537 g/mol. The van der Waals surface area contributed by atoms with Crippen molar-refractivity contribution in [2.75, 3.05) is 31.1 Å². The third kappa shape index (κ3) is 4.72. The summed E-state index contributed by atoms with van der Waals surface area (Å²) in [7, 11) is 0. The number of rotatable bonds is 13. The van der Waals surface area contributed by atoms with Crippen LogP contribution in [-0.2, 0) is 19.1 Å². The smallest absolute Gasteiger partial charge is 0.248 e. The van der Waals surface area contributed by atoms with Crippen molar-refractivity contribution in [3.8, 4) is 0 Å². The molecule has 3 heterocycles. The minimum atomic E-state index is -1.07. The van der Waals surface area contributed by atoms with Gasteiger partial charge in [-0.1, -0.05) is 37.3 Å². The molecule has 2 bridgehead atoms. The molecule has 8 nitrogen and oxygen atoms in total. The number of benzene rings is 1. The molecule has 1 spiro atoms. The van der Waals surface area contributed by atoms with Crippen LogP contribution in [0.4, 0.5) is 5.69 Å². The molecule has 212 valence electrons. The Kier molecular flexibility index (Phi) is 8.66. The van der Waals surface area contributed by atoms with Crippen molar-refractivity contribution in [3.63, 3.8) is 0 Å². The average Bonchev–Trinajstić information content (AvgIpc) is 3.54. The SMILES string of the molecule is C=CCN(C(=O)[C@H]1[C@H]2C(=O)N(CCCCO)C(C(=O)N(CC=C)C(C)C)C23CC[C@]1(CC)O3)c1ccccc1. The number of unbranched alkanes of at least 4 members (excludes halogenated alkanes) is 1. The van der Waals surface area contributed by atoms with E-state index in [0.29, 0.717) is 51.7 Å². The first-order valence-electron chi connectivity index (χ1n) is 14.2. The van der Waals surface area contributed by atoms with Crippen LogP contribution in [0.15, 0.2) is 55.6 Å². The second kappa shape index (κ2) is 11.6. The molecule has 2 unspecified atom stereocenters. The minimum absolute atomic E-state index is 0.00788. The van der Waals surface area contributed by atoms with E-state index in [4.69, 9.17) is 4.74 Å². The van der Waals surface area contributed by atoms with Gasteiger partial charge >= 0.3 is 0 Å². The Morgan fingerprint density at radius 3 is 2.41 bits per heavy atom. The highest BCUT2D eigenvalue weighted by Crippen LogP contribution is 2.64. The van der Waals surface area contributed by atoms with E-state index in [-0.39, 0.29) is 30.4 Å². The molecule has 0 saturated carbocycles. The lowest BCUT2D eigenvalue weighted by Crippen LogP contribution is -2.57. The zero-order valence-corrected chi connectivity index (χ0v) is 23.6. The second-order valence-electron chi connectivity index (χ2n) is 11.2. The van der Waals surface area contributed by atoms with Crippen molar-refractivity contribution in [1.82, 2.24) is 9.80 Å². The van der Waals surface area contributed by atoms with Gasteiger partial charge in [0.2, 0.25) is 17.7 Å². The summed E-state index contributed by atoms with van der Waals surface area (Å²) < 4.78 is 6.91. The number of amides is 3. The summed E-state index contributed by atoms with van der Waals surface area (Å²) in [6.07, 6.45) is 6.18. The molecule has 0 aromatic heterocycles. The maximum Gasteiger partial charge on any atom is 0.248 e. The summed E-state index contributed by atoms with van der Waals surface area (Å²) in [6.45, 7) is 14.6. The molecule has 3 aliphatic heterocycles. The van der Waals surface area contributed by atoms with Crippen molar-refractivity contribution >= 4 is 23.4 Å². The predicted octanol–water partition coefficient (Wildman–Crippen LogP) is 3.56. The zero-order chi connectivity index (χ0) is 28.4. The van der Waals surface area contributed by atoms with Gasteiger partial charge in [0.25, 0.3) is 0 Å². The molecule has 1 N–H and O–H groups in total. The molecule has 1 aromatic carbocycles. The molecule has 1 aromatic rings. The number of para-hydroxylation sites is 1. The molecular weight excluding hydrogens is 494 g/mol. The molecule has 0 radical (unpaired) electrons. The number of nitrogens with zero attached hydrogens (tertiary/aromatic N) is 3. The summed E-state index contributed by atoms with van der Waals surface area (Å²) in [5.74, 6) is -2.01. The lowest BCUT2D eigenvalue weighted by atomic mass is 9.64. The molecule has 39 heavy (non-hydrogen) atoms. The van der Waals surface area contributed by atoms with Crippen molar-refractivity contribution in [3.05, 3.63) is 55.6 Å². The van der Waals surface area contributed by atoms with Crippen molar-refractivity contribution < 1.29 is 24.2 Å². The number of aliphatic hydroxyl groups is 1. The Morgan fingerprint density at radius 1 is 1.13 bits per heavy atom. The van der Waals surface area contributed by atoms with Crippen LogP contribution in [0.25, 0.3) is 0 Å². The first-order chi connectivity index (χ1) is 18.7. The van der Waals surface area contributed by atoms with E-state index in [1.165, 1.54) is 0 Å². The largest absolute Gasteiger partial charge is 0.396 e. The Labute approximate surface area is 232 Å². The van der Waals surface area contributed by atoms with Gasteiger partial charge in [-0.3, -0.25) is 14.4 Å². The highest BCUT2D eigenvalue weighted by Gasteiger charge is 2.79. The quantitative estimate of drug-likeness (QED) is 0.307. The first kappa shape index (κ1) is 29.0. The predicted molar refractivity (Wildman–Crippen MR) is 151 cm³/mol. The van der Waals surface area contributed by atoms with Crippen molar-refractivity contribution in [1.29, 1.82) is 0 Å². The van der Waals surface area contributed by atoms with E-state index >= 15 is 0 Å². The van der Waals surface area contributed by atoms with Gasteiger partial charge in [0.1, 0.15) is 11.6 Å². The molecule has 3 fully saturated rings. The maximum atomic E-state index is 14.4. The average molecular weight is 538 g/mol. The number of anilines is 1. The number of fused-ring (bicyclic) bond motifs is 1. The standard InChI is InChI=1S/C31H43N3O5/c1-6-18-32(22(4)5)29(38)26-31-17-16-30(8-3,39-31)24(25(31)28(37)34(26)20-12-13-21-35)27(36)33(19-7-2)23-14-10-9-11-15-23/h6-7,9-11,14-15,22,24-26,35H,1-2,8,12-13,16-21H2,3-5H3/t24-,25+,26?,30+,31?/m1/s1. The fraction of sp³-hybridized carbons (Fsp3) is 0.581. The van der Waals surface area contributed by atoms with Gasteiger partial charge in [-0.25, -0.2) is 0 Å². The molecule has 3 aliphatic rings. The number of carbonyl (C=O) groups is 3. The zero-order valence-electron chi connectivity index (χ0n) is 23.6. The van der Waals surface area contributed by atoms with Crippen LogP contribution >= 0.6 is 0 Å². The lowest BCUT2D eigenvalue weighted by Gasteiger charge is -2.38. The molecule has 8 heteroatoms. The highest BCUT2D eigenvalue weighted by atomic mass is 16.5. The maximum absolute atomic E-state index is 14.4. The van der Waals surface area contributed by atoms with Crippen LogP contribution in [-0.4, -0.2) is 82.2 Å². The van der Waals surface area contributed by atoms with Gasteiger partial charge in [0, 0.05) is 38.0 Å². The topological polar surface area (TPSA) is 90.4 Å². The summed E-state index contributed by atoms with van der Waals surface area (Å²) in [6, 6.07) is 8.49. The molecule has 3 saturated heterocycles. The number of ether oxygens (including phenoxy) is 1. The third-order valence-electron chi connectivity index (χ3n) is 8.87. The number of carbonyl (C=O) groups excluding carboxylic acids is 3. The number of likely N-dealkylation sites (tertiary alicyclic amines) is 1. The fourth-order valence-corrected chi connectivity index (χ4v) is 7.09. The second-order valence-corrected chi connectivity index (χ2v) is 11.2. The third-order valence-corrected chi connectivity index (χ3v) is 8.87. The van der Waals surface area contributed by atoms with Crippen LogP contribution in [0, 0.1) is 11.8 Å². The first-order valence-corrected chi connectivity index (χ1v) is 14.2. The van der Waals surface area contributed by atoms with Crippen molar-refractivity contribution in [2.45, 2.75) is 76.2 Å². The van der Waals surface area contributed by atoms with E-state index in [9.17, 15) is 19.5 Å².